The molecule has 0 aromatic carbocycles. The lowest BCUT2D eigenvalue weighted by Crippen LogP contribution is -2.37. The van der Waals surface area contributed by atoms with E-state index in [1.807, 2.05) is 27.2 Å². The van der Waals surface area contributed by atoms with Crippen molar-refractivity contribution < 1.29 is 42.1 Å². The second-order valence-electron chi connectivity index (χ2n) is 17.1. The van der Waals surface area contributed by atoms with Crippen LogP contribution in [0.1, 0.15) is 168 Å². The summed E-state index contributed by atoms with van der Waals surface area (Å²) in [5.41, 5.74) is 0. The van der Waals surface area contributed by atoms with Crippen molar-refractivity contribution in [1.82, 2.24) is 0 Å². The molecule has 364 valence electrons. The molecule has 0 fully saturated rings. The van der Waals surface area contributed by atoms with Gasteiger partial charge in [-0.3, -0.25) is 14.2 Å². The molecular formula is C54H90NO8P. The van der Waals surface area contributed by atoms with Gasteiger partial charge >= 0.3 is 11.9 Å². The van der Waals surface area contributed by atoms with E-state index in [4.69, 9.17) is 18.5 Å². The lowest BCUT2D eigenvalue weighted by Gasteiger charge is -2.28. The van der Waals surface area contributed by atoms with Crippen LogP contribution in [0.3, 0.4) is 0 Å². The summed E-state index contributed by atoms with van der Waals surface area (Å²) in [7, 11) is 1.11. The zero-order chi connectivity index (χ0) is 47.1. The van der Waals surface area contributed by atoms with E-state index in [2.05, 4.69) is 117 Å². The number of phosphoric acid groups is 1. The van der Waals surface area contributed by atoms with Crippen molar-refractivity contribution in [1.29, 1.82) is 0 Å². The lowest BCUT2D eigenvalue weighted by molar-refractivity contribution is -0.870. The van der Waals surface area contributed by atoms with Crippen LogP contribution in [0.15, 0.2) is 109 Å². The maximum Gasteiger partial charge on any atom is 0.306 e. The first-order chi connectivity index (χ1) is 31.0. The summed E-state index contributed by atoms with van der Waals surface area (Å²) in [6, 6.07) is 0. The number of hydrogen-bond donors (Lipinski definition) is 0. The first-order valence-corrected chi connectivity index (χ1v) is 26.1. The van der Waals surface area contributed by atoms with E-state index in [-0.39, 0.29) is 26.1 Å². The molecule has 2 unspecified atom stereocenters. The molecule has 64 heavy (non-hydrogen) atoms. The second-order valence-corrected chi connectivity index (χ2v) is 18.5. The molecule has 0 spiro atoms. The third-order valence-electron chi connectivity index (χ3n) is 9.79. The summed E-state index contributed by atoms with van der Waals surface area (Å²) in [6.07, 6.45) is 61.3. The Hall–Kier alpha value is -3.33. The van der Waals surface area contributed by atoms with Crippen LogP contribution < -0.4 is 4.89 Å². The molecule has 2 atom stereocenters. The number of quaternary nitrogens is 1. The van der Waals surface area contributed by atoms with Gasteiger partial charge in [0.15, 0.2) is 6.10 Å². The Morgan fingerprint density at radius 1 is 0.484 bits per heavy atom. The van der Waals surface area contributed by atoms with Gasteiger partial charge in [0.2, 0.25) is 0 Å². The predicted molar refractivity (Wildman–Crippen MR) is 268 cm³/mol. The van der Waals surface area contributed by atoms with E-state index in [0.717, 1.165) is 83.5 Å². The molecule has 0 radical (unpaired) electrons. The van der Waals surface area contributed by atoms with Gasteiger partial charge in [-0.2, -0.15) is 0 Å². The number of allylic oxidation sites excluding steroid dienone is 18. The van der Waals surface area contributed by atoms with Crippen LogP contribution in [-0.4, -0.2) is 70.0 Å². The number of carbonyl (C=O) groups is 2. The van der Waals surface area contributed by atoms with Crippen molar-refractivity contribution in [2.75, 3.05) is 47.5 Å². The molecule has 0 aliphatic heterocycles. The number of esters is 2. The average molecular weight is 912 g/mol. The van der Waals surface area contributed by atoms with Crippen LogP contribution in [0.2, 0.25) is 0 Å². The van der Waals surface area contributed by atoms with Crippen molar-refractivity contribution in [2.45, 2.75) is 174 Å². The number of rotatable bonds is 43. The van der Waals surface area contributed by atoms with Crippen LogP contribution in [0.4, 0.5) is 0 Å². The quantitative estimate of drug-likeness (QED) is 0.0195. The van der Waals surface area contributed by atoms with E-state index in [0.29, 0.717) is 30.3 Å². The molecule has 0 saturated carbocycles. The topological polar surface area (TPSA) is 111 Å². The highest BCUT2D eigenvalue weighted by atomic mass is 31.2. The third kappa shape index (κ3) is 48.1. The molecule has 0 bridgehead atoms. The minimum Gasteiger partial charge on any atom is -0.756 e. The van der Waals surface area contributed by atoms with Crippen LogP contribution in [-0.2, 0) is 32.7 Å². The minimum absolute atomic E-state index is 0.0483. The van der Waals surface area contributed by atoms with Crippen molar-refractivity contribution in [3.8, 4) is 0 Å². The number of phosphoric ester groups is 1. The van der Waals surface area contributed by atoms with E-state index < -0.39 is 32.5 Å². The molecule has 0 heterocycles. The number of nitrogens with zero attached hydrogens (tertiary/aromatic N) is 1. The van der Waals surface area contributed by atoms with Gasteiger partial charge in [0, 0.05) is 12.8 Å². The zero-order valence-corrected chi connectivity index (χ0v) is 41.8. The number of likely N-dealkylation sites (N-methyl/N-ethyl adjacent to an activating group) is 1. The standard InChI is InChI=1S/C54H90NO8P/c1-6-8-10-12-14-16-18-20-22-24-25-26-27-28-29-31-32-34-36-38-40-42-44-46-53(56)60-50-52(51-62-64(58,59)61-49-48-55(3,4)5)63-54(57)47-45-43-41-39-37-35-33-30-23-21-19-17-15-13-11-9-7-2/h8-11,14-17,20-23,25-26,33,35,39,41,52H,6-7,12-13,18-19,24,27-32,34,36-38,40,42-51H2,1-5H3/b10-8-,11-9-,16-14-,17-15-,22-20-,23-21-,26-25-,35-33-,41-39-. The molecule has 0 aromatic rings. The molecule has 0 aliphatic rings. The maximum absolute atomic E-state index is 12.7. The Morgan fingerprint density at radius 3 is 1.30 bits per heavy atom. The van der Waals surface area contributed by atoms with Gasteiger partial charge in [0.1, 0.15) is 19.8 Å². The maximum atomic E-state index is 12.7. The van der Waals surface area contributed by atoms with E-state index in [1.54, 1.807) is 0 Å². The predicted octanol–water partition coefficient (Wildman–Crippen LogP) is 14.1. The van der Waals surface area contributed by atoms with E-state index in [9.17, 15) is 19.0 Å². The van der Waals surface area contributed by atoms with Crippen LogP contribution in [0.25, 0.3) is 0 Å². The SMILES string of the molecule is CC/C=C\C/C=C\C/C=C\C/C=C\C/C=C\CCCC(=O)OC(COC(=O)CCCCCCCCCCCC/C=C\C/C=C\C/C=C\C/C=C\CC)COP(=O)([O-])OCC[N+](C)(C)C. The fraction of sp³-hybridized carbons (Fsp3) is 0.630. The molecule has 0 amide bonds. The Labute approximate surface area is 391 Å². The normalized spacial score (nSPS) is 14.4. The smallest absolute Gasteiger partial charge is 0.306 e. The van der Waals surface area contributed by atoms with Crippen LogP contribution in [0, 0.1) is 0 Å². The van der Waals surface area contributed by atoms with Crippen LogP contribution in [0.5, 0.6) is 0 Å². The number of hydrogen-bond acceptors (Lipinski definition) is 8. The minimum atomic E-state index is -4.65. The van der Waals surface area contributed by atoms with Crippen molar-refractivity contribution in [3.05, 3.63) is 109 Å². The number of carbonyl (C=O) groups excluding carboxylic acids is 2. The zero-order valence-electron chi connectivity index (χ0n) is 40.9. The fourth-order valence-corrected chi connectivity index (χ4v) is 6.76. The van der Waals surface area contributed by atoms with Gasteiger partial charge in [-0.1, -0.05) is 175 Å². The van der Waals surface area contributed by atoms with Gasteiger partial charge in [-0.05, 0) is 89.9 Å². The fourth-order valence-electron chi connectivity index (χ4n) is 6.03. The molecule has 0 aromatic heterocycles. The third-order valence-corrected chi connectivity index (χ3v) is 10.8. The highest BCUT2D eigenvalue weighted by Gasteiger charge is 2.21. The van der Waals surface area contributed by atoms with Gasteiger partial charge in [0.05, 0.1) is 27.7 Å². The van der Waals surface area contributed by atoms with Crippen molar-refractivity contribution in [2.24, 2.45) is 0 Å². The molecule has 0 N–H and O–H groups in total. The van der Waals surface area contributed by atoms with E-state index >= 15 is 0 Å². The molecule has 10 heteroatoms. The summed E-state index contributed by atoms with van der Waals surface area (Å²) >= 11 is 0. The summed E-state index contributed by atoms with van der Waals surface area (Å²) in [4.78, 5) is 37.7. The van der Waals surface area contributed by atoms with E-state index in [1.165, 1.54) is 38.5 Å². The van der Waals surface area contributed by atoms with Crippen molar-refractivity contribution >= 4 is 19.8 Å². The summed E-state index contributed by atoms with van der Waals surface area (Å²) in [6.45, 7) is 3.91. The monoisotopic (exact) mass is 912 g/mol. The first-order valence-electron chi connectivity index (χ1n) is 24.6. The summed E-state index contributed by atoms with van der Waals surface area (Å²) in [5, 5.41) is 0. The van der Waals surface area contributed by atoms with Crippen molar-refractivity contribution in [3.63, 3.8) is 0 Å². The molecular weight excluding hydrogens is 822 g/mol. The second kappa shape index (κ2) is 44.9. The van der Waals surface area contributed by atoms with Gasteiger partial charge in [-0.15, -0.1) is 0 Å². The summed E-state index contributed by atoms with van der Waals surface area (Å²) in [5.74, 6) is -0.917. The Kier molecular flexibility index (Phi) is 42.5. The number of unbranched alkanes of at least 4 members (excludes halogenated alkanes) is 11. The van der Waals surface area contributed by atoms with Gasteiger partial charge < -0.3 is 27.9 Å². The average Bonchev–Trinajstić information content (AvgIpc) is 3.25. The van der Waals surface area contributed by atoms with Crippen LogP contribution >= 0.6 is 7.82 Å². The number of ether oxygens (including phenoxy) is 2. The van der Waals surface area contributed by atoms with Gasteiger partial charge in [-0.25, -0.2) is 0 Å². The molecule has 0 rings (SSSR count). The highest BCUT2D eigenvalue weighted by Crippen LogP contribution is 2.38. The Morgan fingerprint density at radius 2 is 0.859 bits per heavy atom. The first kappa shape index (κ1) is 60.7. The molecule has 9 nitrogen and oxygen atoms in total. The molecule has 0 aliphatic carbocycles. The molecule has 0 saturated heterocycles. The summed E-state index contributed by atoms with van der Waals surface area (Å²) < 4.78 is 33.9. The Bertz CT molecular complexity index is 1450. The largest absolute Gasteiger partial charge is 0.756 e. The lowest BCUT2D eigenvalue weighted by atomic mass is 10.1. The Balaban J connectivity index is 4.36. The highest BCUT2D eigenvalue weighted by molar-refractivity contribution is 7.45. The van der Waals surface area contributed by atoms with Gasteiger partial charge in [0.25, 0.3) is 7.82 Å².